The van der Waals surface area contributed by atoms with E-state index in [0.717, 1.165) is 0 Å². The SMILES string of the molecule is C=CCN(C(C)C)S(=O)(=O)Cc1cccc(C(=O)O)c1. The van der Waals surface area contributed by atoms with E-state index in [-0.39, 0.29) is 23.9 Å². The first-order valence-electron chi connectivity index (χ1n) is 6.20. The number of carbonyl (C=O) groups is 1. The van der Waals surface area contributed by atoms with Crippen molar-refractivity contribution in [2.75, 3.05) is 6.54 Å². The van der Waals surface area contributed by atoms with Gasteiger partial charge in [-0.1, -0.05) is 18.2 Å². The first kappa shape index (κ1) is 16.4. The molecule has 5 nitrogen and oxygen atoms in total. The lowest BCUT2D eigenvalue weighted by Crippen LogP contribution is -2.37. The molecule has 0 aliphatic heterocycles. The Balaban J connectivity index is 3.03. The molecule has 1 rings (SSSR count). The van der Waals surface area contributed by atoms with Crippen LogP contribution in [-0.4, -0.2) is 36.4 Å². The third-order valence-corrected chi connectivity index (χ3v) is 4.75. The summed E-state index contributed by atoms with van der Waals surface area (Å²) in [5, 5.41) is 8.92. The lowest BCUT2D eigenvalue weighted by atomic mass is 10.1. The van der Waals surface area contributed by atoms with Crippen LogP contribution in [0.4, 0.5) is 0 Å². The van der Waals surface area contributed by atoms with Gasteiger partial charge in [0.2, 0.25) is 10.0 Å². The highest BCUT2D eigenvalue weighted by molar-refractivity contribution is 7.88. The van der Waals surface area contributed by atoms with Crippen molar-refractivity contribution in [2.24, 2.45) is 0 Å². The van der Waals surface area contributed by atoms with Crippen LogP contribution in [0, 0.1) is 0 Å². The van der Waals surface area contributed by atoms with E-state index < -0.39 is 16.0 Å². The largest absolute Gasteiger partial charge is 0.478 e. The molecular weight excluding hydrogens is 278 g/mol. The van der Waals surface area contributed by atoms with Crippen LogP contribution in [-0.2, 0) is 15.8 Å². The normalized spacial score (nSPS) is 11.8. The number of benzene rings is 1. The zero-order chi connectivity index (χ0) is 15.3. The molecule has 20 heavy (non-hydrogen) atoms. The number of nitrogens with zero attached hydrogens (tertiary/aromatic N) is 1. The molecule has 0 aromatic heterocycles. The highest BCUT2D eigenvalue weighted by Gasteiger charge is 2.24. The fourth-order valence-electron chi connectivity index (χ4n) is 1.86. The van der Waals surface area contributed by atoms with Gasteiger partial charge in [0.1, 0.15) is 0 Å². The van der Waals surface area contributed by atoms with Crippen LogP contribution >= 0.6 is 0 Å². The van der Waals surface area contributed by atoms with Crippen molar-refractivity contribution in [3.8, 4) is 0 Å². The van der Waals surface area contributed by atoms with Gasteiger partial charge < -0.3 is 5.11 Å². The fraction of sp³-hybridized carbons (Fsp3) is 0.357. The zero-order valence-electron chi connectivity index (χ0n) is 11.6. The molecule has 0 unspecified atom stereocenters. The molecule has 0 bridgehead atoms. The van der Waals surface area contributed by atoms with E-state index in [4.69, 9.17) is 5.11 Å². The van der Waals surface area contributed by atoms with Crippen molar-refractivity contribution in [3.63, 3.8) is 0 Å². The highest BCUT2D eigenvalue weighted by Crippen LogP contribution is 2.15. The quantitative estimate of drug-likeness (QED) is 0.782. The number of carboxylic acids is 1. The third-order valence-electron chi connectivity index (χ3n) is 2.77. The van der Waals surface area contributed by atoms with Gasteiger partial charge in [-0.2, -0.15) is 4.31 Å². The standard InChI is InChI=1S/C14H19NO4S/c1-4-8-15(11(2)3)20(18,19)10-12-6-5-7-13(9-12)14(16)17/h4-7,9,11H,1,8,10H2,2-3H3,(H,16,17). The zero-order valence-corrected chi connectivity index (χ0v) is 12.4. The van der Waals surface area contributed by atoms with E-state index in [1.165, 1.54) is 22.5 Å². The van der Waals surface area contributed by atoms with Crippen LogP contribution in [0.15, 0.2) is 36.9 Å². The molecule has 0 amide bonds. The highest BCUT2D eigenvalue weighted by atomic mass is 32.2. The average Bonchev–Trinajstić information content (AvgIpc) is 2.35. The second-order valence-corrected chi connectivity index (χ2v) is 6.64. The number of carboxylic acid groups (broad SMARTS) is 1. The second-order valence-electron chi connectivity index (χ2n) is 4.71. The molecule has 0 aliphatic rings. The number of hydrogen-bond acceptors (Lipinski definition) is 3. The minimum Gasteiger partial charge on any atom is -0.478 e. The fourth-order valence-corrected chi connectivity index (χ4v) is 3.60. The summed E-state index contributed by atoms with van der Waals surface area (Å²) in [5.41, 5.74) is 0.539. The van der Waals surface area contributed by atoms with Gasteiger partial charge in [0.15, 0.2) is 0 Å². The Labute approximate surface area is 119 Å². The molecule has 1 N–H and O–H groups in total. The average molecular weight is 297 g/mol. The summed E-state index contributed by atoms with van der Waals surface area (Å²) in [6.45, 7) is 7.36. The maximum atomic E-state index is 12.3. The third kappa shape index (κ3) is 4.18. The Hall–Kier alpha value is -1.66. The predicted molar refractivity (Wildman–Crippen MR) is 78.1 cm³/mol. The Morgan fingerprint density at radius 2 is 2.10 bits per heavy atom. The van der Waals surface area contributed by atoms with Gasteiger partial charge in [-0.3, -0.25) is 0 Å². The summed E-state index contributed by atoms with van der Waals surface area (Å²) in [6.07, 6.45) is 1.53. The lowest BCUT2D eigenvalue weighted by Gasteiger charge is -2.24. The predicted octanol–water partition coefficient (Wildman–Crippen LogP) is 2.11. The Bertz CT molecular complexity index is 593. The number of rotatable bonds is 7. The van der Waals surface area contributed by atoms with Crippen LogP contribution in [0.3, 0.4) is 0 Å². The molecule has 0 heterocycles. The minimum absolute atomic E-state index is 0.0810. The van der Waals surface area contributed by atoms with Gasteiger partial charge in [-0.05, 0) is 31.5 Å². The summed E-state index contributed by atoms with van der Waals surface area (Å²) in [4.78, 5) is 10.9. The molecule has 0 saturated heterocycles. The van der Waals surface area contributed by atoms with Crippen LogP contribution in [0.1, 0.15) is 29.8 Å². The molecule has 0 saturated carbocycles. The van der Waals surface area contributed by atoms with Crippen LogP contribution in [0.5, 0.6) is 0 Å². The maximum Gasteiger partial charge on any atom is 0.335 e. The van der Waals surface area contributed by atoms with Gasteiger partial charge >= 0.3 is 5.97 Å². The van der Waals surface area contributed by atoms with Gasteiger partial charge in [0.25, 0.3) is 0 Å². The molecule has 1 aromatic rings. The molecule has 110 valence electrons. The van der Waals surface area contributed by atoms with E-state index >= 15 is 0 Å². The molecule has 1 aromatic carbocycles. The molecule has 6 heteroatoms. The van der Waals surface area contributed by atoms with Gasteiger partial charge in [-0.25, -0.2) is 13.2 Å². The Kier molecular flexibility index (Phi) is 5.47. The van der Waals surface area contributed by atoms with E-state index in [2.05, 4.69) is 6.58 Å². The number of aromatic carboxylic acids is 1. The van der Waals surface area contributed by atoms with Crippen molar-refractivity contribution in [3.05, 3.63) is 48.0 Å². The summed E-state index contributed by atoms with van der Waals surface area (Å²) < 4.78 is 26.0. The number of sulfonamides is 1. The first-order valence-corrected chi connectivity index (χ1v) is 7.81. The monoisotopic (exact) mass is 297 g/mol. The van der Waals surface area contributed by atoms with Gasteiger partial charge in [-0.15, -0.1) is 6.58 Å². The van der Waals surface area contributed by atoms with Crippen molar-refractivity contribution >= 4 is 16.0 Å². The number of hydrogen-bond donors (Lipinski definition) is 1. The minimum atomic E-state index is -3.51. The topological polar surface area (TPSA) is 74.7 Å². The smallest absolute Gasteiger partial charge is 0.335 e. The van der Waals surface area contributed by atoms with Crippen molar-refractivity contribution in [2.45, 2.75) is 25.6 Å². The van der Waals surface area contributed by atoms with E-state index in [1.54, 1.807) is 26.0 Å². The first-order chi connectivity index (χ1) is 9.27. The summed E-state index contributed by atoms with van der Waals surface area (Å²) >= 11 is 0. The summed E-state index contributed by atoms with van der Waals surface area (Å²) in [5.74, 6) is -1.30. The lowest BCUT2D eigenvalue weighted by molar-refractivity contribution is 0.0696. The van der Waals surface area contributed by atoms with Gasteiger partial charge in [0, 0.05) is 12.6 Å². The molecule has 0 fully saturated rings. The summed E-state index contributed by atoms with van der Waals surface area (Å²) in [6, 6.07) is 5.78. The Morgan fingerprint density at radius 1 is 1.45 bits per heavy atom. The molecule has 0 atom stereocenters. The van der Waals surface area contributed by atoms with E-state index in [9.17, 15) is 13.2 Å². The molecule has 0 radical (unpaired) electrons. The second kappa shape index (κ2) is 6.67. The van der Waals surface area contributed by atoms with Crippen LogP contribution in [0.2, 0.25) is 0 Å². The van der Waals surface area contributed by atoms with E-state index in [1.807, 2.05) is 0 Å². The maximum absolute atomic E-state index is 12.3. The molecule has 0 aliphatic carbocycles. The van der Waals surface area contributed by atoms with E-state index in [0.29, 0.717) is 5.56 Å². The van der Waals surface area contributed by atoms with Crippen molar-refractivity contribution < 1.29 is 18.3 Å². The van der Waals surface area contributed by atoms with Crippen molar-refractivity contribution in [1.29, 1.82) is 0 Å². The molecule has 0 spiro atoms. The van der Waals surface area contributed by atoms with Crippen LogP contribution in [0.25, 0.3) is 0 Å². The van der Waals surface area contributed by atoms with Crippen molar-refractivity contribution in [1.82, 2.24) is 4.31 Å². The summed E-state index contributed by atoms with van der Waals surface area (Å²) in [7, 11) is -3.51. The van der Waals surface area contributed by atoms with Gasteiger partial charge in [0.05, 0.1) is 11.3 Å². The molecular formula is C14H19NO4S. The Morgan fingerprint density at radius 3 is 2.60 bits per heavy atom. The van der Waals surface area contributed by atoms with Crippen LogP contribution < -0.4 is 0 Å².